The van der Waals surface area contributed by atoms with Gasteiger partial charge in [-0.3, -0.25) is 4.57 Å². The van der Waals surface area contributed by atoms with Crippen molar-refractivity contribution in [2.75, 3.05) is 12.3 Å². The molecule has 5 N–H and O–H groups in total. The van der Waals surface area contributed by atoms with E-state index in [1.54, 1.807) is 4.57 Å². The smallest absolute Gasteiger partial charge is 0.312 e. The van der Waals surface area contributed by atoms with Crippen molar-refractivity contribution in [1.82, 2.24) is 19.9 Å². The summed E-state index contributed by atoms with van der Waals surface area (Å²) in [6.07, 6.45) is 0. The van der Waals surface area contributed by atoms with Crippen LogP contribution in [0.1, 0.15) is 5.69 Å². The van der Waals surface area contributed by atoms with E-state index in [9.17, 15) is 4.79 Å². The summed E-state index contributed by atoms with van der Waals surface area (Å²) in [4.78, 5) is 19.1. The summed E-state index contributed by atoms with van der Waals surface area (Å²) in [5.41, 5.74) is 13.1. The number of rotatable bonds is 3. The Kier molecular flexibility index (Phi) is 2.82. The van der Waals surface area contributed by atoms with Crippen LogP contribution in [0.2, 0.25) is 0 Å². The molecule has 0 radical (unpaired) electrons. The van der Waals surface area contributed by atoms with E-state index in [0.29, 0.717) is 24.7 Å². The summed E-state index contributed by atoms with van der Waals surface area (Å²) in [7, 11) is 0. The fourth-order valence-electron chi connectivity index (χ4n) is 1.63. The highest BCUT2D eigenvalue weighted by atomic mass is 16.2. The predicted molar refractivity (Wildman–Crippen MR) is 64.3 cm³/mol. The zero-order valence-corrected chi connectivity index (χ0v) is 9.47. The first-order chi connectivity index (χ1) is 8.08. The number of anilines is 1. The fraction of sp³-hybridized carbons (Fsp3) is 0.300. The predicted octanol–water partition coefficient (Wildman–Crippen LogP) is -0.00978. The number of nitrogens with two attached hydrogens (primary N) is 2. The van der Waals surface area contributed by atoms with Crippen molar-refractivity contribution in [3.63, 3.8) is 0 Å². The molecule has 0 atom stereocenters. The molecule has 0 saturated carbocycles. The van der Waals surface area contributed by atoms with Gasteiger partial charge in [-0.25, -0.2) is 14.8 Å². The zero-order chi connectivity index (χ0) is 12.4. The lowest BCUT2D eigenvalue weighted by Crippen LogP contribution is -2.32. The number of imidazole rings is 1. The van der Waals surface area contributed by atoms with Crippen LogP contribution in [0, 0.1) is 6.92 Å². The van der Waals surface area contributed by atoms with E-state index in [0.717, 1.165) is 11.2 Å². The molecule has 2 aromatic heterocycles. The van der Waals surface area contributed by atoms with Crippen LogP contribution in [0.25, 0.3) is 11.2 Å². The molecule has 0 aliphatic heterocycles. The average molecular weight is 234 g/mol. The highest BCUT2D eigenvalue weighted by Gasteiger charge is 2.09. The summed E-state index contributed by atoms with van der Waals surface area (Å²) >= 11 is 0. The lowest BCUT2D eigenvalue weighted by molar-refractivity contribution is 0.248. The number of nitrogens with one attached hydrogen (secondary N) is 1. The van der Waals surface area contributed by atoms with Crippen LogP contribution in [0.5, 0.6) is 0 Å². The molecule has 17 heavy (non-hydrogen) atoms. The maximum atomic E-state index is 10.6. The molecule has 0 fully saturated rings. The van der Waals surface area contributed by atoms with Gasteiger partial charge in [0, 0.05) is 18.8 Å². The number of nitrogen functional groups attached to an aromatic ring is 1. The van der Waals surface area contributed by atoms with E-state index in [2.05, 4.69) is 15.3 Å². The number of fused-ring (bicyclic) bond motifs is 1. The van der Waals surface area contributed by atoms with Crippen molar-refractivity contribution in [1.29, 1.82) is 0 Å². The molecular weight excluding hydrogens is 220 g/mol. The summed E-state index contributed by atoms with van der Waals surface area (Å²) in [5.74, 6) is 0.379. The Morgan fingerprint density at radius 1 is 1.47 bits per heavy atom. The van der Waals surface area contributed by atoms with Gasteiger partial charge in [0.05, 0.1) is 0 Å². The second kappa shape index (κ2) is 4.28. The number of aromatic nitrogens is 3. The highest BCUT2D eigenvalue weighted by Crippen LogP contribution is 2.15. The number of carbonyl (C=O) groups excluding carboxylic acids is 1. The monoisotopic (exact) mass is 234 g/mol. The third kappa shape index (κ3) is 2.27. The number of pyridine rings is 1. The van der Waals surface area contributed by atoms with Crippen LogP contribution >= 0.6 is 0 Å². The van der Waals surface area contributed by atoms with Crippen molar-refractivity contribution in [3.05, 3.63) is 17.8 Å². The van der Waals surface area contributed by atoms with E-state index < -0.39 is 6.03 Å². The Balaban J connectivity index is 2.28. The maximum Gasteiger partial charge on any atom is 0.312 e. The second-order valence-electron chi connectivity index (χ2n) is 3.71. The minimum Gasteiger partial charge on any atom is -0.369 e. The molecular formula is C10H14N6O. The number of nitrogens with zero attached hydrogens (tertiary/aromatic N) is 3. The first kappa shape index (κ1) is 11.2. The molecule has 7 nitrogen and oxygen atoms in total. The van der Waals surface area contributed by atoms with Gasteiger partial charge in [-0.05, 0) is 19.1 Å². The van der Waals surface area contributed by atoms with Crippen LogP contribution in [0.4, 0.5) is 10.7 Å². The molecule has 0 bridgehead atoms. The molecule has 0 spiro atoms. The number of primary amides is 1. The van der Waals surface area contributed by atoms with Gasteiger partial charge >= 0.3 is 6.03 Å². The number of aryl methyl sites for hydroxylation is 1. The van der Waals surface area contributed by atoms with Gasteiger partial charge in [0.2, 0.25) is 5.95 Å². The van der Waals surface area contributed by atoms with Crippen molar-refractivity contribution < 1.29 is 4.79 Å². The fourth-order valence-corrected chi connectivity index (χ4v) is 1.63. The first-order valence-corrected chi connectivity index (χ1v) is 5.20. The van der Waals surface area contributed by atoms with Gasteiger partial charge < -0.3 is 16.8 Å². The number of amides is 2. The standard InChI is InChI=1S/C10H14N6O/c1-6-2-3-7-8(14-6)16(9(11)15-7)5-4-13-10(12)17/h2-3H,4-5H2,1H3,(H2,11,15)(H3,12,13,17). The third-order valence-electron chi connectivity index (χ3n) is 2.40. The average Bonchev–Trinajstić information content (AvgIpc) is 2.55. The lowest BCUT2D eigenvalue weighted by atomic mass is 10.3. The van der Waals surface area contributed by atoms with Crippen molar-refractivity contribution in [3.8, 4) is 0 Å². The molecule has 90 valence electrons. The van der Waals surface area contributed by atoms with E-state index in [4.69, 9.17) is 11.5 Å². The Hall–Kier alpha value is -2.31. The van der Waals surface area contributed by atoms with Gasteiger partial charge in [-0.2, -0.15) is 0 Å². The molecule has 7 heteroatoms. The molecule has 2 rings (SSSR count). The quantitative estimate of drug-likeness (QED) is 0.693. The minimum atomic E-state index is -0.558. The van der Waals surface area contributed by atoms with Crippen molar-refractivity contribution in [2.24, 2.45) is 5.73 Å². The van der Waals surface area contributed by atoms with Crippen LogP contribution in [-0.2, 0) is 6.54 Å². The van der Waals surface area contributed by atoms with Gasteiger partial charge in [0.25, 0.3) is 0 Å². The Bertz CT molecular complexity index is 561. The van der Waals surface area contributed by atoms with Crippen LogP contribution < -0.4 is 16.8 Å². The van der Waals surface area contributed by atoms with Gasteiger partial charge in [0.1, 0.15) is 5.52 Å². The molecule has 2 aromatic rings. The van der Waals surface area contributed by atoms with E-state index >= 15 is 0 Å². The van der Waals surface area contributed by atoms with Crippen LogP contribution in [0.15, 0.2) is 12.1 Å². The summed E-state index contributed by atoms with van der Waals surface area (Å²) in [6.45, 7) is 2.77. The van der Waals surface area contributed by atoms with Gasteiger partial charge in [-0.1, -0.05) is 0 Å². The Labute approximate surface area is 97.8 Å². The topological polar surface area (TPSA) is 112 Å². The molecule has 0 aromatic carbocycles. The molecule has 2 heterocycles. The Morgan fingerprint density at radius 3 is 2.94 bits per heavy atom. The maximum absolute atomic E-state index is 10.6. The van der Waals surface area contributed by atoms with Crippen LogP contribution in [0.3, 0.4) is 0 Å². The number of urea groups is 1. The summed E-state index contributed by atoms with van der Waals surface area (Å²) in [5, 5.41) is 2.50. The molecule has 0 unspecified atom stereocenters. The third-order valence-corrected chi connectivity index (χ3v) is 2.40. The highest BCUT2D eigenvalue weighted by molar-refractivity contribution is 5.74. The number of hydrogen-bond donors (Lipinski definition) is 3. The number of carbonyl (C=O) groups is 1. The summed E-state index contributed by atoms with van der Waals surface area (Å²) in [6, 6.07) is 3.18. The largest absolute Gasteiger partial charge is 0.369 e. The minimum absolute atomic E-state index is 0.379. The normalized spacial score (nSPS) is 10.6. The summed E-state index contributed by atoms with van der Waals surface area (Å²) < 4.78 is 1.75. The van der Waals surface area contributed by atoms with Gasteiger partial charge in [-0.15, -0.1) is 0 Å². The van der Waals surface area contributed by atoms with E-state index in [1.165, 1.54) is 0 Å². The Morgan fingerprint density at radius 2 is 2.24 bits per heavy atom. The molecule has 0 aliphatic carbocycles. The van der Waals surface area contributed by atoms with Crippen molar-refractivity contribution in [2.45, 2.75) is 13.5 Å². The molecule has 0 aliphatic rings. The van der Waals surface area contributed by atoms with Gasteiger partial charge in [0.15, 0.2) is 5.65 Å². The second-order valence-corrected chi connectivity index (χ2v) is 3.71. The van der Waals surface area contributed by atoms with Crippen molar-refractivity contribution >= 4 is 23.1 Å². The lowest BCUT2D eigenvalue weighted by Gasteiger charge is -2.06. The van der Waals surface area contributed by atoms with E-state index in [1.807, 2.05) is 19.1 Å². The number of hydrogen-bond acceptors (Lipinski definition) is 4. The molecule has 0 saturated heterocycles. The first-order valence-electron chi connectivity index (χ1n) is 5.20. The zero-order valence-electron chi connectivity index (χ0n) is 9.47. The SMILES string of the molecule is Cc1ccc2nc(N)n(CCNC(N)=O)c2n1. The van der Waals surface area contributed by atoms with E-state index in [-0.39, 0.29) is 0 Å². The van der Waals surface area contributed by atoms with Crippen LogP contribution in [-0.4, -0.2) is 27.1 Å². The molecule has 2 amide bonds.